The van der Waals surface area contributed by atoms with E-state index in [0.29, 0.717) is 6.61 Å². The number of rotatable bonds is 4. The lowest BCUT2D eigenvalue weighted by molar-refractivity contribution is 0.306. The van der Waals surface area contributed by atoms with Gasteiger partial charge in [-0.3, -0.25) is 4.99 Å². The van der Waals surface area contributed by atoms with Crippen LogP contribution in [0.1, 0.15) is 12.0 Å². The first-order valence-electron chi connectivity index (χ1n) is 7.11. The van der Waals surface area contributed by atoms with E-state index in [0.717, 1.165) is 28.9 Å². The minimum Gasteiger partial charge on any atom is -0.489 e. The van der Waals surface area contributed by atoms with Gasteiger partial charge in [-0.1, -0.05) is 42.1 Å². The number of hydrogen-bond donors (Lipinski definition) is 1. The number of amidine groups is 1. The molecule has 0 bridgehead atoms. The molecule has 0 aliphatic carbocycles. The van der Waals surface area contributed by atoms with Crippen molar-refractivity contribution in [2.45, 2.75) is 13.0 Å². The van der Waals surface area contributed by atoms with Crippen molar-refractivity contribution in [1.82, 2.24) is 0 Å². The van der Waals surface area contributed by atoms with Gasteiger partial charge < -0.3 is 10.1 Å². The monoisotopic (exact) mass is 298 g/mol. The maximum atomic E-state index is 5.77. The summed E-state index contributed by atoms with van der Waals surface area (Å²) in [6, 6.07) is 18.2. The van der Waals surface area contributed by atoms with Crippen LogP contribution in [0.5, 0.6) is 5.75 Å². The Balaban J connectivity index is 1.55. The van der Waals surface area contributed by atoms with E-state index in [2.05, 4.69) is 22.4 Å². The van der Waals surface area contributed by atoms with E-state index in [1.165, 1.54) is 12.0 Å². The summed E-state index contributed by atoms with van der Waals surface area (Å²) >= 11 is 1.78. The van der Waals surface area contributed by atoms with Crippen molar-refractivity contribution in [2.75, 3.05) is 17.6 Å². The molecule has 0 saturated carbocycles. The van der Waals surface area contributed by atoms with Gasteiger partial charge in [-0.15, -0.1) is 0 Å². The molecule has 108 valence electrons. The molecular weight excluding hydrogens is 280 g/mol. The highest BCUT2D eigenvalue weighted by Gasteiger charge is 2.05. The van der Waals surface area contributed by atoms with E-state index in [-0.39, 0.29) is 0 Å². The molecule has 0 radical (unpaired) electrons. The van der Waals surface area contributed by atoms with Crippen LogP contribution in [0.3, 0.4) is 0 Å². The lowest BCUT2D eigenvalue weighted by Crippen LogP contribution is -2.13. The summed E-state index contributed by atoms with van der Waals surface area (Å²) in [7, 11) is 0. The van der Waals surface area contributed by atoms with Crippen molar-refractivity contribution in [3.05, 3.63) is 60.2 Å². The second-order valence-electron chi connectivity index (χ2n) is 4.81. The van der Waals surface area contributed by atoms with Gasteiger partial charge in [0.05, 0.1) is 0 Å². The lowest BCUT2D eigenvalue weighted by atomic mass is 10.2. The smallest absolute Gasteiger partial charge is 0.161 e. The van der Waals surface area contributed by atoms with E-state index >= 15 is 0 Å². The molecule has 1 N–H and O–H groups in total. The molecule has 0 unspecified atom stereocenters. The second kappa shape index (κ2) is 7.18. The highest BCUT2D eigenvalue weighted by atomic mass is 32.2. The Labute approximate surface area is 129 Å². The van der Waals surface area contributed by atoms with Gasteiger partial charge in [-0.25, -0.2) is 0 Å². The molecule has 4 heteroatoms. The molecule has 1 heterocycles. The number of ether oxygens (including phenoxy) is 1. The van der Waals surface area contributed by atoms with Gasteiger partial charge in [-0.2, -0.15) is 0 Å². The largest absolute Gasteiger partial charge is 0.489 e. The van der Waals surface area contributed by atoms with Gasteiger partial charge in [0.1, 0.15) is 12.4 Å². The highest BCUT2D eigenvalue weighted by Crippen LogP contribution is 2.20. The molecule has 3 rings (SSSR count). The van der Waals surface area contributed by atoms with Crippen LogP contribution in [0.4, 0.5) is 5.69 Å². The van der Waals surface area contributed by atoms with Gasteiger partial charge in [0.15, 0.2) is 5.17 Å². The van der Waals surface area contributed by atoms with E-state index in [1.807, 2.05) is 42.5 Å². The first kappa shape index (κ1) is 14.0. The number of aliphatic imine (C=N–C) groups is 1. The van der Waals surface area contributed by atoms with Crippen molar-refractivity contribution in [1.29, 1.82) is 0 Å². The van der Waals surface area contributed by atoms with Crippen LogP contribution in [0, 0.1) is 0 Å². The van der Waals surface area contributed by atoms with Crippen molar-refractivity contribution >= 4 is 22.6 Å². The molecular formula is C17H18N2OS. The fourth-order valence-electron chi connectivity index (χ4n) is 2.03. The fourth-order valence-corrected chi connectivity index (χ4v) is 2.87. The number of hydrogen-bond acceptors (Lipinski definition) is 4. The summed E-state index contributed by atoms with van der Waals surface area (Å²) in [5, 5.41) is 4.35. The van der Waals surface area contributed by atoms with Gasteiger partial charge >= 0.3 is 0 Å². The Morgan fingerprint density at radius 3 is 2.57 bits per heavy atom. The zero-order valence-corrected chi connectivity index (χ0v) is 12.6. The summed E-state index contributed by atoms with van der Waals surface area (Å²) in [5.41, 5.74) is 2.22. The number of thioether (sulfide) groups is 1. The average Bonchev–Trinajstić information content (AvgIpc) is 2.56. The molecule has 3 nitrogen and oxygen atoms in total. The second-order valence-corrected chi connectivity index (χ2v) is 5.90. The third kappa shape index (κ3) is 4.26. The molecule has 0 spiro atoms. The third-order valence-corrected chi connectivity index (χ3v) is 4.15. The maximum absolute atomic E-state index is 5.77. The molecule has 2 aromatic carbocycles. The quantitative estimate of drug-likeness (QED) is 0.919. The van der Waals surface area contributed by atoms with Crippen LogP contribution in [-0.2, 0) is 6.61 Å². The van der Waals surface area contributed by atoms with Crippen LogP contribution in [0.25, 0.3) is 0 Å². The number of anilines is 1. The summed E-state index contributed by atoms with van der Waals surface area (Å²) in [6.45, 7) is 1.52. The molecule has 0 fully saturated rings. The lowest BCUT2D eigenvalue weighted by Gasteiger charge is -2.13. The summed E-state index contributed by atoms with van der Waals surface area (Å²) in [4.78, 5) is 4.46. The van der Waals surface area contributed by atoms with Crippen LogP contribution in [0.2, 0.25) is 0 Å². The predicted octanol–water partition coefficient (Wildman–Crippen LogP) is 4.17. The molecule has 0 saturated heterocycles. The highest BCUT2D eigenvalue weighted by molar-refractivity contribution is 8.14. The topological polar surface area (TPSA) is 33.6 Å². The maximum Gasteiger partial charge on any atom is 0.161 e. The van der Waals surface area contributed by atoms with E-state index in [1.54, 1.807) is 11.8 Å². The third-order valence-electron chi connectivity index (χ3n) is 3.15. The zero-order valence-electron chi connectivity index (χ0n) is 11.8. The minimum absolute atomic E-state index is 0.593. The van der Waals surface area contributed by atoms with Crippen LogP contribution in [-0.4, -0.2) is 17.5 Å². The standard InChI is InChI=1S/C17H18N2OS/c1-2-5-14(6-3-1)13-20-16-9-7-15(8-10-16)19-17-18-11-4-12-21-17/h1-3,5-10H,4,11-13H2,(H,18,19). The zero-order chi connectivity index (χ0) is 14.3. The molecule has 0 amide bonds. The molecule has 21 heavy (non-hydrogen) atoms. The van der Waals surface area contributed by atoms with Crippen molar-refractivity contribution < 1.29 is 4.74 Å². The molecule has 1 aliphatic rings. The predicted molar refractivity (Wildman–Crippen MR) is 90.2 cm³/mol. The van der Waals surface area contributed by atoms with E-state index < -0.39 is 0 Å². The van der Waals surface area contributed by atoms with Crippen LogP contribution in [0.15, 0.2) is 59.6 Å². The first-order valence-corrected chi connectivity index (χ1v) is 8.10. The molecule has 1 aliphatic heterocycles. The van der Waals surface area contributed by atoms with Crippen molar-refractivity contribution in [2.24, 2.45) is 4.99 Å². The van der Waals surface area contributed by atoms with Crippen molar-refractivity contribution in [3.8, 4) is 5.75 Å². The Hall–Kier alpha value is -1.94. The van der Waals surface area contributed by atoms with Crippen molar-refractivity contribution in [3.63, 3.8) is 0 Å². The molecule has 0 aromatic heterocycles. The van der Waals surface area contributed by atoms with Gasteiger partial charge in [0, 0.05) is 18.0 Å². The summed E-state index contributed by atoms with van der Waals surface area (Å²) in [5.74, 6) is 2.02. The van der Waals surface area contributed by atoms with E-state index in [9.17, 15) is 0 Å². The van der Waals surface area contributed by atoms with Crippen LogP contribution >= 0.6 is 11.8 Å². The normalized spacial score (nSPS) is 14.4. The molecule has 0 atom stereocenters. The Kier molecular flexibility index (Phi) is 4.79. The first-order chi connectivity index (χ1) is 10.4. The number of nitrogens with zero attached hydrogens (tertiary/aromatic N) is 1. The average molecular weight is 298 g/mol. The Morgan fingerprint density at radius 1 is 1.05 bits per heavy atom. The SMILES string of the molecule is c1ccc(COc2ccc(NC3=NCCCS3)cc2)cc1. The van der Waals surface area contributed by atoms with Gasteiger partial charge in [0.2, 0.25) is 0 Å². The minimum atomic E-state index is 0.593. The summed E-state index contributed by atoms with van der Waals surface area (Å²) < 4.78 is 5.77. The molecule has 2 aromatic rings. The Morgan fingerprint density at radius 2 is 1.86 bits per heavy atom. The number of nitrogens with one attached hydrogen (secondary N) is 1. The van der Waals surface area contributed by atoms with E-state index in [4.69, 9.17) is 4.74 Å². The van der Waals surface area contributed by atoms with Crippen LogP contribution < -0.4 is 10.1 Å². The van der Waals surface area contributed by atoms with Gasteiger partial charge in [-0.05, 0) is 36.2 Å². The fraction of sp³-hybridized carbons (Fsp3) is 0.235. The Bertz CT molecular complexity index is 596. The van der Waals surface area contributed by atoms with Gasteiger partial charge in [0.25, 0.3) is 0 Å². The number of benzene rings is 2. The summed E-state index contributed by atoms with van der Waals surface area (Å²) in [6.07, 6.45) is 1.17.